The average Bonchev–Trinajstić information content (AvgIpc) is 3.01. The number of cyclic esters (lactones) is 2. The van der Waals surface area contributed by atoms with Crippen molar-refractivity contribution in [3.8, 4) is 5.75 Å². The first-order valence-corrected chi connectivity index (χ1v) is 15.2. The number of amides is 2. The Morgan fingerprint density at radius 1 is 1.07 bits per heavy atom. The SMILES string of the molecule is CCC[C@@H]1OC(=O)[C@H](C)CNC(=O)[C@@H](Cc2ccc(OC)c(Cl)c2)NC(=O)C=CC[C@@H]([C@H](C)/C=C/c2ccccc2)OC1=O. The topological polar surface area (TPSA) is 120 Å². The van der Waals surface area contributed by atoms with Crippen molar-refractivity contribution in [2.75, 3.05) is 13.7 Å². The van der Waals surface area contributed by atoms with E-state index in [0.29, 0.717) is 22.8 Å². The van der Waals surface area contributed by atoms with Crippen LogP contribution in [0, 0.1) is 11.8 Å². The number of halogens is 1. The molecule has 0 fully saturated rings. The normalized spacial score (nSPS) is 22.9. The highest BCUT2D eigenvalue weighted by Gasteiger charge is 2.30. The van der Waals surface area contributed by atoms with Gasteiger partial charge in [0, 0.05) is 25.3 Å². The largest absolute Gasteiger partial charge is 0.495 e. The van der Waals surface area contributed by atoms with Gasteiger partial charge in [0.25, 0.3) is 0 Å². The van der Waals surface area contributed by atoms with Crippen LogP contribution in [0.1, 0.15) is 51.2 Å². The minimum atomic E-state index is -1.09. The maximum atomic E-state index is 13.2. The summed E-state index contributed by atoms with van der Waals surface area (Å²) in [5.41, 5.74) is 1.69. The van der Waals surface area contributed by atoms with E-state index >= 15 is 0 Å². The standard InChI is InChI=1S/C34H41ClN2O7/c1-5-10-30-34(41)43-28(22(2)15-16-24-11-7-6-8-12-24)13-9-14-31(38)37-27(32(39)36-21-23(3)33(40)44-30)20-25-17-18-29(42-4)26(35)19-25/h6-9,11-12,14-19,22-23,27-28,30H,5,10,13,20-21H2,1-4H3,(H,36,39)(H,37,38)/b14-9?,16-15+/t22-,23-,27-,28+,30+/m1/s1. The molecule has 2 N–H and O–H groups in total. The van der Waals surface area contributed by atoms with Crippen molar-refractivity contribution in [2.24, 2.45) is 11.8 Å². The third-order valence-corrected chi connectivity index (χ3v) is 7.52. The summed E-state index contributed by atoms with van der Waals surface area (Å²) in [4.78, 5) is 52.4. The summed E-state index contributed by atoms with van der Waals surface area (Å²) < 4.78 is 16.7. The van der Waals surface area contributed by atoms with Crippen LogP contribution in [-0.2, 0) is 35.1 Å². The quantitative estimate of drug-likeness (QED) is 0.394. The van der Waals surface area contributed by atoms with Gasteiger partial charge in [0.15, 0.2) is 6.10 Å². The first kappa shape index (κ1) is 34.4. The van der Waals surface area contributed by atoms with Gasteiger partial charge in [-0.05, 0) is 35.8 Å². The molecule has 2 aromatic carbocycles. The lowest BCUT2D eigenvalue weighted by Gasteiger charge is -2.25. The number of nitrogens with one attached hydrogen (secondary N) is 2. The summed E-state index contributed by atoms with van der Waals surface area (Å²) in [6.07, 6.45) is 6.31. The molecule has 5 atom stereocenters. The Bertz CT molecular complexity index is 1340. The van der Waals surface area contributed by atoms with Crippen molar-refractivity contribution < 1.29 is 33.4 Å². The molecule has 0 radical (unpaired) electrons. The highest BCUT2D eigenvalue weighted by atomic mass is 35.5. The van der Waals surface area contributed by atoms with Gasteiger partial charge >= 0.3 is 11.9 Å². The Balaban J connectivity index is 1.88. The van der Waals surface area contributed by atoms with Crippen LogP contribution < -0.4 is 15.4 Å². The molecule has 2 amide bonds. The molecular weight excluding hydrogens is 584 g/mol. The number of hydrogen-bond acceptors (Lipinski definition) is 7. The number of hydrogen-bond donors (Lipinski definition) is 2. The van der Waals surface area contributed by atoms with Crippen molar-refractivity contribution in [2.45, 2.75) is 64.7 Å². The zero-order valence-corrected chi connectivity index (χ0v) is 26.3. The first-order chi connectivity index (χ1) is 21.1. The lowest BCUT2D eigenvalue weighted by Crippen LogP contribution is -2.49. The van der Waals surface area contributed by atoms with Gasteiger partial charge < -0.3 is 24.8 Å². The maximum absolute atomic E-state index is 13.2. The van der Waals surface area contributed by atoms with E-state index in [1.807, 2.05) is 56.3 Å². The van der Waals surface area contributed by atoms with Crippen molar-refractivity contribution in [3.63, 3.8) is 0 Å². The lowest BCUT2D eigenvalue weighted by molar-refractivity contribution is -0.175. The second kappa shape index (κ2) is 17.3. The minimum Gasteiger partial charge on any atom is -0.495 e. The number of benzene rings is 2. The second-order valence-corrected chi connectivity index (χ2v) is 11.2. The summed E-state index contributed by atoms with van der Waals surface area (Å²) in [5, 5.41) is 5.84. The molecule has 236 valence electrons. The van der Waals surface area contributed by atoms with Gasteiger partial charge in [-0.15, -0.1) is 0 Å². The van der Waals surface area contributed by atoms with Crippen LogP contribution in [0.15, 0.2) is 66.8 Å². The van der Waals surface area contributed by atoms with E-state index in [-0.39, 0.29) is 31.7 Å². The molecular formula is C34H41ClN2O7. The fraction of sp³-hybridized carbons (Fsp3) is 0.412. The monoisotopic (exact) mass is 624 g/mol. The molecule has 3 rings (SSSR count). The summed E-state index contributed by atoms with van der Waals surface area (Å²) in [7, 11) is 1.51. The van der Waals surface area contributed by atoms with Crippen molar-refractivity contribution in [1.82, 2.24) is 10.6 Å². The van der Waals surface area contributed by atoms with Crippen LogP contribution >= 0.6 is 11.6 Å². The van der Waals surface area contributed by atoms with Gasteiger partial charge in [0.05, 0.1) is 18.1 Å². The maximum Gasteiger partial charge on any atom is 0.347 e. The molecule has 0 aliphatic carbocycles. The van der Waals surface area contributed by atoms with Crippen LogP contribution in [0.25, 0.3) is 6.08 Å². The predicted octanol–water partition coefficient (Wildman–Crippen LogP) is 5.06. The first-order valence-electron chi connectivity index (χ1n) is 14.8. The molecule has 9 nitrogen and oxygen atoms in total. The Morgan fingerprint density at radius 3 is 2.50 bits per heavy atom. The third kappa shape index (κ3) is 10.6. The van der Waals surface area contributed by atoms with E-state index in [2.05, 4.69) is 10.6 Å². The number of rotatable bonds is 8. The van der Waals surface area contributed by atoms with Gasteiger partial charge in [-0.3, -0.25) is 14.4 Å². The van der Waals surface area contributed by atoms with Crippen LogP contribution in [0.2, 0.25) is 5.02 Å². The molecule has 1 aliphatic heterocycles. The van der Waals surface area contributed by atoms with Gasteiger partial charge in [-0.2, -0.15) is 0 Å². The van der Waals surface area contributed by atoms with E-state index in [1.165, 1.54) is 13.2 Å². The van der Waals surface area contributed by atoms with Gasteiger partial charge in [0.1, 0.15) is 17.9 Å². The summed E-state index contributed by atoms with van der Waals surface area (Å²) in [6, 6.07) is 13.9. The predicted molar refractivity (Wildman–Crippen MR) is 169 cm³/mol. The van der Waals surface area contributed by atoms with E-state index in [4.69, 9.17) is 25.8 Å². The summed E-state index contributed by atoms with van der Waals surface area (Å²) in [6.45, 7) is 5.33. The molecule has 0 unspecified atom stereocenters. The van der Waals surface area contributed by atoms with Crippen molar-refractivity contribution >= 4 is 41.4 Å². The van der Waals surface area contributed by atoms with Crippen LogP contribution in [0.3, 0.4) is 0 Å². The molecule has 0 saturated heterocycles. The van der Waals surface area contributed by atoms with Gasteiger partial charge in [-0.25, -0.2) is 4.79 Å². The lowest BCUT2D eigenvalue weighted by atomic mass is 9.99. The second-order valence-electron chi connectivity index (χ2n) is 10.8. The van der Waals surface area contributed by atoms with E-state index in [9.17, 15) is 19.2 Å². The van der Waals surface area contributed by atoms with Gasteiger partial charge in [0.2, 0.25) is 11.8 Å². The number of ether oxygens (including phenoxy) is 3. The Labute approximate surface area is 264 Å². The minimum absolute atomic E-state index is 0.0545. The number of methoxy groups -OCH3 is 1. The molecule has 0 aromatic heterocycles. The fourth-order valence-electron chi connectivity index (χ4n) is 4.56. The van der Waals surface area contributed by atoms with E-state index in [1.54, 1.807) is 31.2 Å². The third-order valence-electron chi connectivity index (χ3n) is 7.23. The summed E-state index contributed by atoms with van der Waals surface area (Å²) in [5.74, 6) is -2.76. The van der Waals surface area contributed by atoms with E-state index < -0.39 is 47.9 Å². The zero-order chi connectivity index (χ0) is 32.1. The Morgan fingerprint density at radius 2 is 1.82 bits per heavy atom. The highest BCUT2D eigenvalue weighted by molar-refractivity contribution is 6.32. The average molecular weight is 625 g/mol. The van der Waals surface area contributed by atoms with Crippen LogP contribution in [-0.4, -0.2) is 55.7 Å². The zero-order valence-electron chi connectivity index (χ0n) is 25.6. The smallest absolute Gasteiger partial charge is 0.347 e. The van der Waals surface area contributed by atoms with Crippen LogP contribution in [0.4, 0.5) is 0 Å². The van der Waals surface area contributed by atoms with Crippen molar-refractivity contribution in [1.29, 1.82) is 0 Å². The molecule has 10 heteroatoms. The number of carbonyl (C=O) groups excluding carboxylic acids is 4. The van der Waals surface area contributed by atoms with E-state index in [0.717, 1.165) is 5.56 Å². The molecule has 0 bridgehead atoms. The molecule has 2 aromatic rings. The molecule has 0 saturated carbocycles. The number of esters is 2. The van der Waals surface area contributed by atoms with Crippen LogP contribution in [0.5, 0.6) is 5.75 Å². The number of carbonyl (C=O) groups is 4. The summed E-state index contributed by atoms with van der Waals surface area (Å²) >= 11 is 6.28. The fourth-order valence-corrected chi connectivity index (χ4v) is 4.84. The highest BCUT2D eigenvalue weighted by Crippen LogP contribution is 2.25. The Hall–Kier alpha value is -4.11. The molecule has 1 aliphatic rings. The van der Waals surface area contributed by atoms with Crippen molar-refractivity contribution in [3.05, 3.63) is 82.9 Å². The van der Waals surface area contributed by atoms with Gasteiger partial charge in [-0.1, -0.05) is 93.4 Å². The molecule has 1 heterocycles. The Kier molecular flexibility index (Phi) is 13.5. The molecule has 44 heavy (non-hydrogen) atoms. The molecule has 0 spiro atoms.